The largest absolute Gasteiger partial charge is 0.465 e. The SMILES string of the molecule is CCC1COCCN1c1cc(C2(S(C)(=O)=O)CCN(C(=O)O)CC2)cc(Br)n1. The lowest BCUT2D eigenvalue weighted by Crippen LogP contribution is -2.49. The fourth-order valence-electron chi connectivity index (χ4n) is 4.12. The average Bonchev–Trinajstić information content (AvgIpc) is 2.66. The summed E-state index contributed by atoms with van der Waals surface area (Å²) in [5.74, 6) is 0.725. The van der Waals surface area contributed by atoms with E-state index in [1.54, 1.807) is 6.07 Å². The van der Waals surface area contributed by atoms with Gasteiger partial charge in [0.15, 0.2) is 9.84 Å². The molecule has 8 nitrogen and oxygen atoms in total. The van der Waals surface area contributed by atoms with E-state index in [2.05, 4.69) is 32.7 Å². The standard InChI is InChI=1S/C18H26BrN3O5S/c1-3-14-12-27-9-8-22(14)16-11-13(10-15(19)20-16)18(28(2,25)26)4-6-21(7-5-18)17(23)24/h10-11,14H,3-9,12H2,1-2H3,(H,23,24). The summed E-state index contributed by atoms with van der Waals surface area (Å²) in [5, 5.41) is 9.24. The molecule has 0 radical (unpaired) electrons. The molecule has 2 aliphatic heterocycles. The van der Waals surface area contributed by atoms with Crippen LogP contribution in [0.4, 0.5) is 10.6 Å². The molecule has 2 saturated heterocycles. The number of likely N-dealkylation sites (tertiary alicyclic amines) is 1. The number of amides is 1. The topological polar surface area (TPSA) is 100 Å². The third-order valence-corrected chi connectivity index (χ3v) is 8.32. The first-order valence-electron chi connectivity index (χ1n) is 9.38. The van der Waals surface area contributed by atoms with Crippen molar-refractivity contribution in [3.63, 3.8) is 0 Å². The number of hydrogen-bond acceptors (Lipinski definition) is 6. The van der Waals surface area contributed by atoms with E-state index < -0.39 is 20.7 Å². The lowest BCUT2D eigenvalue weighted by atomic mass is 9.88. The normalized spacial score (nSPS) is 22.9. The Morgan fingerprint density at radius 2 is 2.04 bits per heavy atom. The van der Waals surface area contributed by atoms with Crippen molar-refractivity contribution in [3.8, 4) is 0 Å². The molecule has 0 aliphatic carbocycles. The van der Waals surface area contributed by atoms with Crippen LogP contribution in [0.15, 0.2) is 16.7 Å². The van der Waals surface area contributed by atoms with E-state index >= 15 is 0 Å². The van der Waals surface area contributed by atoms with Gasteiger partial charge in [-0.1, -0.05) is 6.92 Å². The first kappa shape index (κ1) is 21.3. The van der Waals surface area contributed by atoms with Crippen molar-refractivity contribution in [1.82, 2.24) is 9.88 Å². The second-order valence-corrected chi connectivity index (χ2v) is 10.5. The zero-order chi connectivity index (χ0) is 20.5. The minimum Gasteiger partial charge on any atom is -0.465 e. The third-order valence-electron chi connectivity index (χ3n) is 5.85. The molecule has 1 aromatic rings. The van der Waals surface area contributed by atoms with Gasteiger partial charge in [0.25, 0.3) is 0 Å². The number of nitrogens with zero attached hydrogens (tertiary/aromatic N) is 3. The van der Waals surface area contributed by atoms with E-state index in [9.17, 15) is 18.3 Å². The number of ether oxygens (including phenoxy) is 1. The summed E-state index contributed by atoms with van der Waals surface area (Å²) in [5.41, 5.74) is 0.665. The lowest BCUT2D eigenvalue weighted by Gasteiger charge is -2.41. The fourth-order valence-corrected chi connectivity index (χ4v) is 6.02. The zero-order valence-corrected chi connectivity index (χ0v) is 18.5. The quantitative estimate of drug-likeness (QED) is 0.667. The first-order chi connectivity index (χ1) is 13.2. The predicted molar refractivity (Wildman–Crippen MR) is 110 cm³/mol. The van der Waals surface area contributed by atoms with Crippen LogP contribution in [0, 0.1) is 0 Å². The molecule has 156 valence electrons. The number of pyridine rings is 1. The Labute approximate surface area is 173 Å². The molecule has 28 heavy (non-hydrogen) atoms. The second kappa shape index (κ2) is 8.16. The highest BCUT2D eigenvalue weighted by Gasteiger charge is 2.46. The molecule has 1 N–H and O–H groups in total. The summed E-state index contributed by atoms with van der Waals surface area (Å²) in [7, 11) is -3.48. The van der Waals surface area contributed by atoms with Crippen LogP contribution in [0.2, 0.25) is 0 Å². The number of rotatable bonds is 4. The van der Waals surface area contributed by atoms with Gasteiger partial charge in [-0.2, -0.15) is 0 Å². The van der Waals surface area contributed by atoms with Crippen molar-refractivity contribution < 1.29 is 23.1 Å². The Morgan fingerprint density at radius 3 is 2.61 bits per heavy atom. The first-order valence-corrected chi connectivity index (χ1v) is 12.1. The van der Waals surface area contributed by atoms with E-state index in [0.29, 0.717) is 29.9 Å². The minimum atomic E-state index is -3.48. The maximum atomic E-state index is 12.9. The van der Waals surface area contributed by atoms with E-state index in [1.165, 1.54) is 11.2 Å². The van der Waals surface area contributed by atoms with Gasteiger partial charge in [0, 0.05) is 25.9 Å². The van der Waals surface area contributed by atoms with Gasteiger partial charge in [-0.25, -0.2) is 18.2 Å². The van der Waals surface area contributed by atoms with Gasteiger partial charge in [0.2, 0.25) is 0 Å². The van der Waals surface area contributed by atoms with Gasteiger partial charge in [0.1, 0.15) is 15.2 Å². The number of sulfone groups is 1. The van der Waals surface area contributed by atoms with Crippen LogP contribution >= 0.6 is 15.9 Å². The Kier molecular flexibility index (Phi) is 6.21. The number of carboxylic acid groups (broad SMARTS) is 1. The molecule has 0 saturated carbocycles. The Bertz CT molecular complexity index is 840. The number of hydrogen-bond donors (Lipinski definition) is 1. The monoisotopic (exact) mass is 475 g/mol. The summed E-state index contributed by atoms with van der Waals surface area (Å²) >= 11 is 3.45. The molecule has 1 unspecified atom stereocenters. The van der Waals surface area contributed by atoms with Gasteiger partial charge in [-0.05, 0) is 52.9 Å². The summed E-state index contributed by atoms with van der Waals surface area (Å²) in [6.07, 6.45) is 1.58. The number of carbonyl (C=O) groups is 1. The molecule has 10 heteroatoms. The molecular weight excluding hydrogens is 450 g/mol. The molecule has 1 amide bonds. The molecule has 0 aromatic carbocycles. The van der Waals surface area contributed by atoms with Crippen LogP contribution in [-0.4, -0.2) is 74.6 Å². The van der Waals surface area contributed by atoms with E-state index in [0.717, 1.165) is 12.2 Å². The van der Waals surface area contributed by atoms with Crippen molar-refractivity contribution in [2.24, 2.45) is 0 Å². The molecule has 0 bridgehead atoms. The van der Waals surface area contributed by atoms with Crippen LogP contribution in [0.5, 0.6) is 0 Å². The molecule has 1 atom stereocenters. The number of piperidine rings is 1. The summed E-state index contributed by atoms with van der Waals surface area (Å²) in [4.78, 5) is 19.3. The van der Waals surface area contributed by atoms with E-state index in [1.807, 2.05) is 6.07 Å². The van der Waals surface area contributed by atoms with Gasteiger partial charge >= 0.3 is 6.09 Å². The van der Waals surface area contributed by atoms with Gasteiger partial charge in [0.05, 0.1) is 19.3 Å². The van der Waals surface area contributed by atoms with E-state index in [4.69, 9.17) is 4.74 Å². The Hall–Kier alpha value is -1.39. The Morgan fingerprint density at radius 1 is 1.36 bits per heavy atom. The summed E-state index contributed by atoms with van der Waals surface area (Å²) in [6.45, 7) is 4.38. The van der Waals surface area contributed by atoms with Gasteiger partial charge in [-0.3, -0.25) is 0 Å². The average molecular weight is 476 g/mol. The smallest absolute Gasteiger partial charge is 0.407 e. The molecule has 1 aromatic heterocycles. The van der Waals surface area contributed by atoms with Crippen molar-refractivity contribution in [3.05, 3.63) is 22.3 Å². The van der Waals surface area contributed by atoms with Crippen molar-refractivity contribution in [2.75, 3.05) is 44.0 Å². The molecular formula is C18H26BrN3O5S. The maximum absolute atomic E-state index is 12.9. The van der Waals surface area contributed by atoms with Crippen molar-refractivity contribution in [2.45, 2.75) is 37.0 Å². The molecule has 0 spiro atoms. The number of halogens is 1. The van der Waals surface area contributed by atoms with Crippen LogP contribution in [0.3, 0.4) is 0 Å². The van der Waals surface area contributed by atoms with Crippen LogP contribution in [0.1, 0.15) is 31.7 Å². The van der Waals surface area contributed by atoms with Gasteiger partial charge < -0.3 is 19.6 Å². The zero-order valence-electron chi connectivity index (χ0n) is 16.1. The van der Waals surface area contributed by atoms with Crippen molar-refractivity contribution >= 4 is 37.7 Å². The van der Waals surface area contributed by atoms with Crippen LogP contribution in [-0.2, 0) is 19.3 Å². The molecule has 2 aliphatic rings. The Balaban J connectivity index is 2.02. The highest BCUT2D eigenvalue weighted by Crippen LogP contribution is 2.42. The number of morpholine rings is 1. The summed E-state index contributed by atoms with van der Waals surface area (Å²) < 4.78 is 30.8. The molecule has 3 rings (SSSR count). The highest BCUT2D eigenvalue weighted by atomic mass is 79.9. The van der Waals surface area contributed by atoms with Gasteiger partial charge in [-0.15, -0.1) is 0 Å². The predicted octanol–water partition coefficient (Wildman–Crippen LogP) is 2.47. The summed E-state index contributed by atoms with van der Waals surface area (Å²) in [6, 6.07) is 3.80. The maximum Gasteiger partial charge on any atom is 0.407 e. The van der Waals surface area contributed by atoms with E-state index in [-0.39, 0.29) is 32.0 Å². The minimum absolute atomic E-state index is 0.187. The molecule has 3 heterocycles. The van der Waals surface area contributed by atoms with Crippen LogP contribution in [0.25, 0.3) is 0 Å². The number of anilines is 1. The fraction of sp³-hybridized carbons (Fsp3) is 0.667. The lowest BCUT2D eigenvalue weighted by molar-refractivity contribution is 0.0925. The van der Waals surface area contributed by atoms with Crippen molar-refractivity contribution in [1.29, 1.82) is 0 Å². The second-order valence-electron chi connectivity index (χ2n) is 7.40. The number of aromatic nitrogens is 1. The third kappa shape index (κ3) is 3.99. The highest BCUT2D eigenvalue weighted by molar-refractivity contribution is 9.10. The molecule has 2 fully saturated rings. The van der Waals surface area contributed by atoms with Crippen LogP contribution < -0.4 is 4.90 Å².